The van der Waals surface area contributed by atoms with Gasteiger partial charge in [0.15, 0.2) is 17.2 Å². The summed E-state index contributed by atoms with van der Waals surface area (Å²) in [6.07, 6.45) is -0.675. The summed E-state index contributed by atoms with van der Waals surface area (Å²) in [5, 5.41) is 7.46. The first kappa shape index (κ1) is 13.3. The molecule has 0 radical (unpaired) electrons. The molecule has 0 aliphatic carbocycles. The van der Waals surface area contributed by atoms with E-state index in [9.17, 15) is 17.6 Å². The van der Waals surface area contributed by atoms with E-state index in [4.69, 9.17) is 0 Å². The van der Waals surface area contributed by atoms with Crippen molar-refractivity contribution in [2.75, 3.05) is 0 Å². The van der Waals surface area contributed by atoms with E-state index in [1.165, 1.54) is 29.2 Å². The smallest absolute Gasteiger partial charge is 0.403 e. The molecular formula is C12H6F4N4O. The average Bonchev–Trinajstić information content (AvgIpc) is 2.88. The van der Waals surface area contributed by atoms with Crippen LogP contribution in [0.5, 0.6) is 5.75 Å². The quantitative estimate of drug-likeness (QED) is 0.683. The maximum Gasteiger partial charge on any atom is 0.573 e. The Bertz CT molecular complexity index is 799. The zero-order valence-corrected chi connectivity index (χ0v) is 10.2. The van der Waals surface area contributed by atoms with Crippen molar-refractivity contribution >= 4 is 5.65 Å². The Balaban J connectivity index is 2.04. The second-order valence-electron chi connectivity index (χ2n) is 4.04. The molecule has 0 atom stereocenters. The highest BCUT2D eigenvalue weighted by molar-refractivity contribution is 5.62. The van der Waals surface area contributed by atoms with E-state index in [1.807, 2.05) is 0 Å². The molecule has 21 heavy (non-hydrogen) atoms. The molecule has 0 saturated heterocycles. The van der Waals surface area contributed by atoms with Gasteiger partial charge in [-0.3, -0.25) is 9.38 Å². The zero-order chi connectivity index (χ0) is 15.0. The highest BCUT2D eigenvalue weighted by atomic mass is 19.4. The first-order valence-electron chi connectivity index (χ1n) is 5.63. The first-order valence-corrected chi connectivity index (χ1v) is 5.63. The molecule has 3 rings (SSSR count). The lowest BCUT2D eigenvalue weighted by atomic mass is 10.1. The van der Waals surface area contributed by atoms with E-state index in [1.54, 1.807) is 0 Å². The maximum atomic E-state index is 13.7. The number of aromatic nitrogens is 4. The third-order valence-electron chi connectivity index (χ3n) is 2.67. The molecular weight excluding hydrogens is 292 g/mol. The summed E-state index contributed by atoms with van der Waals surface area (Å²) in [5.74, 6) is -2.02. The number of hydrogen-bond donors (Lipinski definition) is 0. The molecule has 0 aliphatic heterocycles. The molecule has 0 N–H and O–H groups in total. The number of benzene rings is 1. The number of ether oxygens (including phenoxy) is 1. The molecule has 0 aliphatic rings. The summed E-state index contributed by atoms with van der Waals surface area (Å²) in [6.45, 7) is 0. The van der Waals surface area contributed by atoms with E-state index in [-0.39, 0.29) is 0 Å². The average molecular weight is 298 g/mol. The van der Waals surface area contributed by atoms with Crippen LogP contribution in [0.4, 0.5) is 17.6 Å². The van der Waals surface area contributed by atoms with Crippen LogP contribution in [0.1, 0.15) is 0 Å². The van der Waals surface area contributed by atoms with Crippen molar-refractivity contribution in [1.29, 1.82) is 0 Å². The van der Waals surface area contributed by atoms with Crippen molar-refractivity contribution in [2.24, 2.45) is 0 Å². The molecule has 9 heteroatoms. The normalized spacial score (nSPS) is 11.8. The number of fused-ring (bicyclic) bond motifs is 1. The molecule has 2 aromatic heterocycles. The second-order valence-corrected chi connectivity index (χ2v) is 4.04. The molecule has 108 valence electrons. The fourth-order valence-electron chi connectivity index (χ4n) is 1.84. The Labute approximate surface area is 114 Å². The predicted octanol–water partition coefficient (Wildman–Crippen LogP) is 2.83. The van der Waals surface area contributed by atoms with Crippen molar-refractivity contribution in [1.82, 2.24) is 19.6 Å². The van der Waals surface area contributed by atoms with E-state index in [0.29, 0.717) is 16.9 Å². The van der Waals surface area contributed by atoms with Gasteiger partial charge >= 0.3 is 6.36 Å². The van der Waals surface area contributed by atoms with Gasteiger partial charge in [-0.15, -0.1) is 23.4 Å². The van der Waals surface area contributed by atoms with Crippen LogP contribution >= 0.6 is 0 Å². The van der Waals surface area contributed by atoms with Gasteiger partial charge in [0.2, 0.25) is 0 Å². The standard InChI is InChI=1S/C12H6F4N4O/c13-8-3-7(1-2-10(8)21-12(14,15)16)9-4-17-5-11-19-18-6-20(9)11/h1-6H. The van der Waals surface area contributed by atoms with Gasteiger partial charge in [-0.1, -0.05) is 0 Å². The van der Waals surface area contributed by atoms with Crippen LogP contribution in [0, 0.1) is 5.82 Å². The van der Waals surface area contributed by atoms with E-state index < -0.39 is 17.9 Å². The minimum absolute atomic E-state index is 0.319. The highest BCUT2D eigenvalue weighted by Gasteiger charge is 2.32. The van der Waals surface area contributed by atoms with Crippen LogP contribution < -0.4 is 4.74 Å². The SMILES string of the molecule is Fc1cc(-c2cncc3nncn23)ccc1OC(F)(F)F. The Morgan fingerprint density at radius 3 is 2.67 bits per heavy atom. The highest BCUT2D eigenvalue weighted by Crippen LogP contribution is 2.29. The molecule has 2 heterocycles. The van der Waals surface area contributed by atoms with Crippen LogP contribution in [0.15, 0.2) is 36.9 Å². The Morgan fingerprint density at radius 1 is 1.14 bits per heavy atom. The monoisotopic (exact) mass is 298 g/mol. The Morgan fingerprint density at radius 2 is 1.95 bits per heavy atom. The van der Waals surface area contributed by atoms with E-state index >= 15 is 0 Å². The van der Waals surface area contributed by atoms with Crippen molar-refractivity contribution in [3.05, 3.63) is 42.7 Å². The van der Waals surface area contributed by atoms with Gasteiger partial charge in [-0.25, -0.2) is 4.39 Å². The van der Waals surface area contributed by atoms with Crippen LogP contribution in [0.25, 0.3) is 16.9 Å². The molecule has 5 nitrogen and oxygen atoms in total. The van der Waals surface area contributed by atoms with E-state index in [0.717, 1.165) is 12.1 Å². The second kappa shape index (κ2) is 4.69. The lowest BCUT2D eigenvalue weighted by molar-refractivity contribution is -0.275. The number of rotatable bonds is 2. The summed E-state index contributed by atoms with van der Waals surface area (Å²) in [5.41, 5.74) is 1.19. The summed E-state index contributed by atoms with van der Waals surface area (Å²) < 4.78 is 55.1. The number of hydrogen-bond acceptors (Lipinski definition) is 4. The molecule has 3 aromatic rings. The summed E-state index contributed by atoms with van der Waals surface area (Å²) in [7, 11) is 0. The lowest BCUT2D eigenvalue weighted by Gasteiger charge is -2.11. The summed E-state index contributed by atoms with van der Waals surface area (Å²) in [4.78, 5) is 3.92. The van der Waals surface area contributed by atoms with Crippen LogP contribution in [-0.2, 0) is 0 Å². The van der Waals surface area contributed by atoms with Crippen molar-refractivity contribution in [3.63, 3.8) is 0 Å². The molecule has 0 saturated carbocycles. The fourth-order valence-corrected chi connectivity index (χ4v) is 1.84. The number of halogens is 4. The zero-order valence-electron chi connectivity index (χ0n) is 10.2. The van der Waals surface area contributed by atoms with Gasteiger partial charge in [0, 0.05) is 5.56 Å². The molecule has 1 aromatic carbocycles. The van der Waals surface area contributed by atoms with Gasteiger partial charge in [-0.05, 0) is 18.2 Å². The van der Waals surface area contributed by atoms with Crippen LogP contribution in [0.2, 0.25) is 0 Å². The third kappa shape index (κ3) is 2.62. The minimum Gasteiger partial charge on any atom is -0.403 e. The van der Waals surface area contributed by atoms with Gasteiger partial charge < -0.3 is 4.74 Å². The molecule has 0 amide bonds. The van der Waals surface area contributed by atoms with Crippen LogP contribution in [-0.4, -0.2) is 25.9 Å². The van der Waals surface area contributed by atoms with Crippen molar-refractivity contribution < 1.29 is 22.3 Å². The third-order valence-corrected chi connectivity index (χ3v) is 2.67. The first-order chi connectivity index (χ1) is 9.94. The van der Waals surface area contributed by atoms with E-state index in [2.05, 4.69) is 19.9 Å². The number of nitrogens with zero attached hydrogens (tertiary/aromatic N) is 4. The van der Waals surface area contributed by atoms with Gasteiger partial charge in [-0.2, -0.15) is 0 Å². The molecule has 0 fully saturated rings. The predicted molar refractivity (Wildman–Crippen MR) is 62.9 cm³/mol. The van der Waals surface area contributed by atoms with Gasteiger partial charge in [0.05, 0.1) is 18.1 Å². The van der Waals surface area contributed by atoms with Gasteiger partial charge in [0.1, 0.15) is 6.33 Å². The molecule has 0 spiro atoms. The fraction of sp³-hybridized carbons (Fsp3) is 0.0833. The molecule has 0 unspecified atom stereocenters. The summed E-state index contributed by atoms with van der Waals surface area (Å²) >= 11 is 0. The van der Waals surface area contributed by atoms with Crippen LogP contribution in [0.3, 0.4) is 0 Å². The molecule has 0 bridgehead atoms. The van der Waals surface area contributed by atoms with Gasteiger partial charge in [0.25, 0.3) is 0 Å². The number of alkyl halides is 3. The lowest BCUT2D eigenvalue weighted by Crippen LogP contribution is -2.17. The maximum absolute atomic E-state index is 13.7. The topological polar surface area (TPSA) is 52.3 Å². The summed E-state index contributed by atoms with van der Waals surface area (Å²) in [6, 6.07) is 3.12. The largest absolute Gasteiger partial charge is 0.573 e. The Kier molecular flexibility index (Phi) is 2.96. The van der Waals surface area contributed by atoms with Crippen molar-refractivity contribution in [3.8, 4) is 17.0 Å². The van der Waals surface area contributed by atoms with Crippen molar-refractivity contribution in [2.45, 2.75) is 6.36 Å². The Hall–Kier alpha value is -2.71. The minimum atomic E-state index is -4.95.